The molecule has 2 rings (SSSR count). The maximum atomic E-state index is 11.4. The minimum atomic E-state index is -0.701. The van der Waals surface area contributed by atoms with Crippen LogP contribution in [-0.4, -0.2) is 83.1 Å². The third-order valence-electron chi connectivity index (χ3n) is 8.50. The summed E-state index contributed by atoms with van der Waals surface area (Å²) in [7, 11) is 8.28. The second-order valence-corrected chi connectivity index (χ2v) is 10.0. The summed E-state index contributed by atoms with van der Waals surface area (Å²) >= 11 is 0. The highest BCUT2D eigenvalue weighted by molar-refractivity contribution is 5.20. The van der Waals surface area contributed by atoms with Crippen LogP contribution in [0.5, 0.6) is 0 Å². The molecule has 0 amide bonds. The zero-order valence-corrected chi connectivity index (χ0v) is 22.8. The number of hydrogen-bond donors (Lipinski definition) is 1. The molecule has 34 heavy (non-hydrogen) atoms. The van der Waals surface area contributed by atoms with Crippen LogP contribution in [0.2, 0.25) is 0 Å². The lowest BCUT2D eigenvalue weighted by Crippen LogP contribution is -2.60. The molecule has 0 spiro atoms. The first kappa shape index (κ1) is 29.4. The van der Waals surface area contributed by atoms with Crippen LogP contribution >= 0.6 is 0 Å². The Balaban J connectivity index is 2.09. The van der Waals surface area contributed by atoms with Gasteiger partial charge in [0.15, 0.2) is 6.29 Å². The molecule has 1 heterocycles. The number of methoxy groups -OCH3 is 5. The van der Waals surface area contributed by atoms with Crippen molar-refractivity contribution in [1.82, 2.24) is 0 Å². The first-order chi connectivity index (χ1) is 16.1. The van der Waals surface area contributed by atoms with Gasteiger partial charge in [-0.25, -0.2) is 0 Å². The Bertz CT molecular complexity index is 676. The Labute approximate surface area is 206 Å². The smallest absolute Gasteiger partial charge is 0.186 e. The van der Waals surface area contributed by atoms with Crippen LogP contribution in [0.3, 0.4) is 0 Å². The molecule has 2 aliphatic rings. The summed E-state index contributed by atoms with van der Waals surface area (Å²) in [5.74, 6) is 1.13. The summed E-state index contributed by atoms with van der Waals surface area (Å²) in [6.07, 6.45) is 6.16. The van der Waals surface area contributed by atoms with Gasteiger partial charge in [0.1, 0.15) is 24.4 Å². The van der Waals surface area contributed by atoms with Crippen molar-refractivity contribution in [1.29, 1.82) is 0 Å². The fourth-order valence-corrected chi connectivity index (χ4v) is 6.00. The van der Waals surface area contributed by atoms with Crippen LogP contribution in [0, 0.1) is 23.7 Å². The molecule has 1 saturated carbocycles. The molecule has 1 aliphatic carbocycles. The van der Waals surface area contributed by atoms with Crippen LogP contribution in [0.25, 0.3) is 0 Å². The van der Waals surface area contributed by atoms with Gasteiger partial charge in [0.05, 0.1) is 11.7 Å². The van der Waals surface area contributed by atoms with Crippen molar-refractivity contribution in [2.24, 2.45) is 23.7 Å². The van der Waals surface area contributed by atoms with Gasteiger partial charge in [-0.05, 0) is 43.1 Å². The van der Waals surface area contributed by atoms with Gasteiger partial charge in [0, 0.05) is 41.5 Å². The molecule has 1 unspecified atom stereocenters. The molecule has 198 valence electrons. The van der Waals surface area contributed by atoms with Gasteiger partial charge >= 0.3 is 0 Å². The van der Waals surface area contributed by atoms with E-state index >= 15 is 0 Å². The van der Waals surface area contributed by atoms with E-state index in [9.17, 15) is 5.11 Å². The number of rotatable bonds is 12. The normalized spacial score (nSPS) is 39.6. The van der Waals surface area contributed by atoms with Gasteiger partial charge in [-0.3, -0.25) is 0 Å². The first-order valence-electron chi connectivity index (χ1n) is 12.5. The summed E-state index contributed by atoms with van der Waals surface area (Å²) in [5, 5.41) is 11.4. The molecule has 0 aromatic rings. The van der Waals surface area contributed by atoms with E-state index in [0.717, 1.165) is 18.4 Å². The largest absolute Gasteiger partial charge is 0.389 e. The van der Waals surface area contributed by atoms with Crippen LogP contribution in [0.4, 0.5) is 0 Å². The predicted molar refractivity (Wildman–Crippen MR) is 133 cm³/mol. The highest BCUT2D eigenvalue weighted by Gasteiger charge is 2.55. The number of ether oxygens (including phenoxy) is 6. The van der Waals surface area contributed by atoms with E-state index in [1.807, 2.05) is 19.1 Å². The van der Waals surface area contributed by atoms with E-state index in [1.54, 1.807) is 35.5 Å². The van der Waals surface area contributed by atoms with Crippen molar-refractivity contribution in [3.05, 3.63) is 23.8 Å². The molecule has 7 nitrogen and oxygen atoms in total. The van der Waals surface area contributed by atoms with E-state index in [2.05, 4.69) is 33.8 Å². The summed E-state index contributed by atoms with van der Waals surface area (Å²) in [4.78, 5) is 0. The average molecular weight is 485 g/mol. The minimum Gasteiger partial charge on any atom is -0.389 e. The van der Waals surface area contributed by atoms with Gasteiger partial charge in [-0.15, -0.1) is 0 Å². The summed E-state index contributed by atoms with van der Waals surface area (Å²) in [5.41, 5.74) is 0.285. The predicted octanol–water partition coefficient (Wildman–Crippen LogP) is 3.99. The maximum absolute atomic E-state index is 11.4. The zero-order valence-electron chi connectivity index (χ0n) is 22.8. The van der Waals surface area contributed by atoms with Crippen LogP contribution in [-0.2, 0) is 28.4 Å². The van der Waals surface area contributed by atoms with Crippen molar-refractivity contribution in [2.75, 3.05) is 35.5 Å². The first-order valence-corrected chi connectivity index (χ1v) is 12.5. The minimum absolute atomic E-state index is 0.0273. The third-order valence-corrected chi connectivity index (χ3v) is 8.50. The Morgan fingerprint density at radius 2 is 1.65 bits per heavy atom. The van der Waals surface area contributed by atoms with Crippen LogP contribution in [0.1, 0.15) is 47.5 Å². The van der Waals surface area contributed by atoms with E-state index < -0.39 is 18.0 Å². The lowest BCUT2D eigenvalue weighted by atomic mass is 9.53. The van der Waals surface area contributed by atoms with Crippen LogP contribution in [0.15, 0.2) is 23.8 Å². The second kappa shape index (κ2) is 12.9. The van der Waals surface area contributed by atoms with Gasteiger partial charge in [0.25, 0.3) is 0 Å². The van der Waals surface area contributed by atoms with Crippen molar-refractivity contribution in [3.63, 3.8) is 0 Å². The highest BCUT2D eigenvalue weighted by Crippen LogP contribution is 2.52. The molecule has 1 aliphatic heterocycles. The fourth-order valence-electron chi connectivity index (χ4n) is 6.00. The van der Waals surface area contributed by atoms with E-state index in [-0.39, 0.29) is 36.3 Å². The number of hydrogen-bond acceptors (Lipinski definition) is 7. The van der Waals surface area contributed by atoms with Crippen molar-refractivity contribution >= 4 is 0 Å². The van der Waals surface area contributed by atoms with E-state index in [4.69, 9.17) is 28.4 Å². The molecule has 0 aromatic carbocycles. The number of allylic oxidation sites excluding steroid dienone is 2. The molecule has 11 atom stereocenters. The van der Waals surface area contributed by atoms with Crippen molar-refractivity contribution < 1.29 is 33.5 Å². The molecule has 0 radical (unpaired) electrons. The Morgan fingerprint density at radius 1 is 1.03 bits per heavy atom. The Kier molecular flexibility index (Phi) is 11.2. The molecule has 1 N–H and O–H groups in total. The molecule has 0 bridgehead atoms. The van der Waals surface area contributed by atoms with E-state index in [1.165, 1.54) is 0 Å². The quantitative estimate of drug-likeness (QED) is 0.420. The maximum Gasteiger partial charge on any atom is 0.186 e. The second-order valence-electron chi connectivity index (χ2n) is 10.0. The topological polar surface area (TPSA) is 75.6 Å². The molecule has 2 fully saturated rings. The van der Waals surface area contributed by atoms with Gasteiger partial charge in [0.2, 0.25) is 0 Å². The van der Waals surface area contributed by atoms with Crippen LogP contribution < -0.4 is 0 Å². The zero-order chi connectivity index (χ0) is 25.6. The van der Waals surface area contributed by atoms with Gasteiger partial charge in [-0.1, -0.05) is 45.9 Å². The highest BCUT2D eigenvalue weighted by atomic mass is 16.7. The third kappa shape index (κ3) is 5.77. The summed E-state index contributed by atoms with van der Waals surface area (Å²) < 4.78 is 34.4. The lowest BCUT2D eigenvalue weighted by Gasteiger charge is -2.56. The van der Waals surface area contributed by atoms with Crippen molar-refractivity contribution in [3.8, 4) is 0 Å². The summed E-state index contributed by atoms with van der Waals surface area (Å²) in [6, 6.07) is 0. The lowest BCUT2D eigenvalue weighted by molar-refractivity contribution is -0.295. The fraction of sp³-hybridized carbons (Fsp3) is 0.852. The Morgan fingerprint density at radius 3 is 2.12 bits per heavy atom. The standard InChI is InChI=1S/C27H48O7/c1-11-21(29-6)18(4)20-15-27(28,19(20)5)17(3)14-12-13-16(2)22-23(30-7)24(31-8)25(32-9)26(33-10)34-22/h12-14,17-26,28H,11,15H2,1-10H3/b14-12+,16-13+/t17-,18+,19-,20-,21+,22-,23-,24+,25-,26+,27?/m1/s1. The molecular weight excluding hydrogens is 436 g/mol. The van der Waals surface area contributed by atoms with Gasteiger partial charge in [-0.2, -0.15) is 0 Å². The molecular formula is C27H48O7. The average Bonchev–Trinajstić information content (AvgIpc) is 2.85. The molecule has 1 saturated heterocycles. The Hall–Kier alpha value is -0.800. The van der Waals surface area contributed by atoms with Gasteiger partial charge < -0.3 is 33.5 Å². The summed E-state index contributed by atoms with van der Waals surface area (Å²) in [6.45, 7) is 10.7. The molecule has 7 heteroatoms. The molecule has 0 aromatic heterocycles. The SMILES string of the molecule is CC[C@H](OC)[C@@H](C)[C@H]1CC(O)([C@H](C)/C=C/C=C(\C)[C@H]2O[C@H](OC)[C@H](OC)[C@@H](OC)[C@@H]2OC)[C@@H]1C. The van der Waals surface area contributed by atoms with E-state index in [0.29, 0.717) is 11.8 Å². The number of aliphatic hydroxyl groups is 1. The monoisotopic (exact) mass is 484 g/mol. The van der Waals surface area contributed by atoms with Crippen molar-refractivity contribution in [2.45, 2.75) is 89.9 Å².